The molecule has 2 aliphatic rings. The smallest absolute Gasteiger partial charge is 0.272 e. The molecule has 1 amide bonds. The Morgan fingerprint density at radius 2 is 1.76 bits per heavy atom. The molecule has 33 heavy (non-hydrogen) atoms. The second kappa shape index (κ2) is 8.84. The minimum Gasteiger partial charge on any atom is -0.497 e. The number of fused-ring (bicyclic) bond motifs is 1. The van der Waals surface area contributed by atoms with Gasteiger partial charge in [-0.1, -0.05) is 0 Å². The lowest BCUT2D eigenvalue weighted by atomic mass is 10.0. The summed E-state index contributed by atoms with van der Waals surface area (Å²) in [7, 11) is 1.65. The minimum absolute atomic E-state index is 0.0671. The number of carbonyl (C=O) groups is 1. The van der Waals surface area contributed by atoms with Gasteiger partial charge >= 0.3 is 0 Å². The van der Waals surface area contributed by atoms with Gasteiger partial charge in [0.05, 0.1) is 12.8 Å². The molecule has 5 rings (SSSR count). The number of nitrogens with zero attached hydrogens (tertiary/aromatic N) is 3. The number of methoxy groups -OCH3 is 1. The van der Waals surface area contributed by atoms with Crippen molar-refractivity contribution in [1.82, 2.24) is 15.1 Å². The third kappa shape index (κ3) is 4.17. The monoisotopic (exact) mass is 452 g/mol. The van der Waals surface area contributed by atoms with Gasteiger partial charge in [0.1, 0.15) is 5.75 Å². The summed E-state index contributed by atoms with van der Waals surface area (Å²) >= 11 is 0. The zero-order valence-electron chi connectivity index (χ0n) is 18.5. The van der Waals surface area contributed by atoms with Gasteiger partial charge in [0.2, 0.25) is 0 Å². The van der Waals surface area contributed by atoms with Crippen molar-refractivity contribution in [3.8, 4) is 11.4 Å². The van der Waals surface area contributed by atoms with Crippen LogP contribution in [0.2, 0.25) is 0 Å². The predicted octanol–water partition coefficient (Wildman–Crippen LogP) is 4.05. The molecule has 1 N–H and O–H groups in total. The Bertz CT molecular complexity index is 1170. The highest BCUT2D eigenvalue weighted by Crippen LogP contribution is 2.29. The summed E-state index contributed by atoms with van der Waals surface area (Å²) in [6.45, 7) is 1.69. The van der Waals surface area contributed by atoms with Crippen LogP contribution in [-0.2, 0) is 12.8 Å². The third-order valence-electron chi connectivity index (χ3n) is 6.56. The maximum atomic E-state index is 13.8. The van der Waals surface area contributed by atoms with Gasteiger partial charge < -0.3 is 15.0 Å². The molecule has 0 bridgehead atoms. The van der Waals surface area contributed by atoms with Crippen LogP contribution >= 0.6 is 0 Å². The number of hydrogen-bond donors (Lipinski definition) is 1. The van der Waals surface area contributed by atoms with Crippen molar-refractivity contribution in [2.24, 2.45) is 0 Å². The molecular weight excluding hydrogens is 426 g/mol. The van der Waals surface area contributed by atoms with E-state index in [1.807, 2.05) is 24.3 Å². The van der Waals surface area contributed by atoms with Crippen molar-refractivity contribution < 1.29 is 18.3 Å². The van der Waals surface area contributed by atoms with Crippen molar-refractivity contribution in [1.29, 1.82) is 0 Å². The fourth-order valence-corrected chi connectivity index (χ4v) is 4.78. The molecule has 1 aromatic heterocycles. The average molecular weight is 453 g/mol. The summed E-state index contributed by atoms with van der Waals surface area (Å²) in [6, 6.07) is 11.8. The molecule has 8 heteroatoms. The first kappa shape index (κ1) is 21.4. The van der Waals surface area contributed by atoms with Gasteiger partial charge in [-0.25, -0.2) is 13.5 Å². The number of ether oxygens (including phenoxy) is 1. The van der Waals surface area contributed by atoms with E-state index in [0.717, 1.165) is 80.0 Å². The Labute approximate surface area is 191 Å². The zero-order valence-corrected chi connectivity index (χ0v) is 18.5. The van der Waals surface area contributed by atoms with Crippen LogP contribution in [0.3, 0.4) is 0 Å². The molecule has 0 atom stereocenters. The molecule has 0 radical (unpaired) electrons. The number of piperidine rings is 1. The molecule has 2 heterocycles. The normalized spacial score (nSPS) is 16.0. The van der Waals surface area contributed by atoms with Crippen molar-refractivity contribution in [3.05, 3.63) is 71.1 Å². The van der Waals surface area contributed by atoms with E-state index in [4.69, 9.17) is 4.74 Å². The Morgan fingerprint density at radius 1 is 1.03 bits per heavy atom. The minimum atomic E-state index is -0.927. The quantitative estimate of drug-likeness (QED) is 0.635. The summed E-state index contributed by atoms with van der Waals surface area (Å²) in [5, 5.41) is 7.66. The van der Waals surface area contributed by atoms with E-state index < -0.39 is 11.6 Å². The molecule has 6 nitrogen and oxygen atoms in total. The summed E-state index contributed by atoms with van der Waals surface area (Å²) in [6.07, 6.45) is 4.11. The topological polar surface area (TPSA) is 59.4 Å². The SMILES string of the molecule is COc1ccc(N2CCC(NC(=O)c3nn(-c4ccc(F)c(F)c4)c4c3CCC4)CC2)cc1. The molecule has 0 unspecified atom stereocenters. The van der Waals surface area contributed by atoms with Crippen molar-refractivity contribution in [2.45, 2.75) is 38.1 Å². The lowest BCUT2D eigenvalue weighted by Crippen LogP contribution is -2.45. The lowest BCUT2D eigenvalue weighted by Gasteiger charge is -2.34. The van der Waals surface area contributed by atoms with E-state index in [-0.39, 0.29) is 11.9 Å². The van der Waals surface area contributed by atoms with Gasteiger partial charge in [0.15, 0.2) is 17.3 Å². The third-order valence-corrected chi connectivity index (χ3v) is 6.56. The molecule has 0 spiro atoms. The van der Waals surface area contributed by atoms with Gasteiger partial charge in [-0.15, -0.1) is 0 Å². The van der Waals surface area contributed by atoms with Crippen molar-refractivity contribution in [3.63, 3.8) is 0 Å². The first-order chi connectivity index (χ1) is 16.0. The van der Waals surface area contributed by atoms with E-state index in [0.29, 0.717) is 11.4 Å². The Hall–Kier alpha value is -3.42. The van der Waals surface area contributed by atoms with E-state index in [2.05, 4.69) is 15.3 Å². The highest BCUT2D eigenvalue weighted by Gasteiger charge is 2.29. The number of rotatable bonds is 5. The lowest BCUT2D eigenvalue weighted by molar-refractivity contribution is 0.0924. The van der Waals surface area contributed by atoms with Gasteiger partial charge in [0, 0.05) is 42.1 Å². The van der Waals surface area contributed by atoms with Gasteiger partial charge in [-0.05, 0) is 68.5 Å². The number of anilines is 1. The second-order valence-electron chi connectivity index (χ2n) is 8.57. The molecule has 3 aromatic rings. The van der Waals surface area contributed by atoms with Gasteiger partial charge in [-0.3, -0.25) is 4.79 Å². The molecule has 172 valence electrons. The standard InChI is InChI=1S/C25H26F2N4O2/c1-33-19-8-5-17(6-9-19)30-13-11-16(12-14-30)28-25(32)24-20-3-2-4-23(20)31(29-24)18-7-10-21(26)22(27)15-18/h5-10,15-16H,2-4,11-14H2,1H3,(H,28,32). The number of carbonyl (C=O) groups excluding carboxylic acids is 1. The van der Waals surface area contributed by atoms with Crippen LogP contribution in [0, 0.1) is 11.6 Å². The summed E-state index contributed by atoms with van der Waals surface area (Å²) < 4.78 is 34.0. The number of aromatic nitrogens is 2. The van der Waals surface area contributed by atoms with E-state index in [1.165, 1.54) is 6.07 Å². The summed E-state index contributed by atoms with van der Waals surface area (Å²) in [5.41, 5.74) is 3.78. The fourth-order valence-electron chi connectivity index (χ4n) is 4.78. The maximum absolute atomic E-state index is 13.8. The van der Waals surface area contributed by atoms with Crippen LogP contribution in [0.15, 0.2) is 42.5 Å². The molecule has 2 aromatic carbocycles. The maximum Gasteiger partial charge on any atom is 0.272 e. The van der Waals surface area contributed by atoms with Crippen molar-refractivity contribution in [2.75, 3.05) is 25.1 Å². The molecule has 1 saturated heterocycles. The predicted molar refractivity (Wildman–Crippen MR) is 121 cm³/mol. The Morgan fingerprint density at radius 3 is 2.45 bits per heavy atom. The van der Waals surface area contributed by atoms with E-state index in [1.54, 1.807) is 11.8 Å². The van der Waals surface area contributed by atoms with E-state index >= 15 is 0 Å². The second-order valence-corrected chi connectivity index (χ2v) is 8.57. The van der Waals surface area contributed by atoms with E-state index in [9.17, 15) is 13.6 Å². The fraction of sp³-hybridized carbons (Fsp3) is 0.360. The largest absolute Gasteiger partial charge is 0.497 e. The number of halogens is 2. The first-order valence-electron chi connectivity index (χ1n) is 11.3. The molecule has 1 aliphatic heterocycles. The van der Waals surface area contributed by atoms with Crippen LogP contribution in [0.1, 0.15) is 41.0 Å². The molecule has 0 saturated carbocycles. The number of hydrogen-bond acceptors (Lipinski definition) is 4. The molecular formula is C25H26F2N4O2. The van der Waals surface area contributed by atoms with Gasteiger partial charge in [0.25, 0.3) is 5.91 Å². The molecule has 1 fully saturated rings. The number of nitrogens with one attached hydrogen (secondary N) is 1. The zero-order chi connectivity index (χ0) is 22.9. The summed E-state index contributed by atoms with van der Waals surface area (Å²) in [4.78, 5) is 15.4. The summed E-state index contributed by atoms with van der Waals surface area (Å²) in [5.74, 6) is -1.19. The highest BCUT2D eigenvalue weighted by atomic mass is 19.2. The highest BCUT2D eigenvalue weighted by molar-refractivity contribution is 5.94. The van der Waals surface area contributed by atoms with Gasteiger partial charge in [-0.2, -0.15) is 5.10 Å². The van der Waals surface area contributed by atoms with Crippen LogP contribution in [0.5, 0.6) is 5.75 Å². The van der Waals surface area contributed by atoms with Crippen LogP contribution in [0.4, 0.5) is 14.5 Å². The molecule has 1 aliphatic carbocycles. The van der Waals surface area contributed by atoms with Crippen molar-refractivity contribution >= 4 is 11.6 Å². The first-order valence-corrected chi connectivity index (χ1v) is 11.3. The average Bonchev–Trinajstić information content (AvgIpc) is 3.45. The van der Waals surface area contributed by atoms with Crippen LogP contribution in [0.25, 0.3) is 5.69 Å². The number of benzene rings is 2. The Balaban J connectivity index is 1.27. The van der Waals surface area contributed by atoms with Crippen LogP contribution in [-0.4, -0.2) is 41.9 Å². The Kier molecular flexibility index (Phi) is 5.74. The van der Waals surface area contributed by atoms with Crippen LogP contribution < -0.4 is 15.0 Å². The number of amides is 1.